The fourth-order valence-corrected chi connectivity index (χ4v) is 3.86. The molecule has 3 nitrogen and oxygen atoms in total. The first-order valence-electron chi connectivity index (χ1n) is 7.05. The predicted octanol–water partition coefficient (Wildman–Crippen LogP) is 3.14. The minimum atomic E-state index is -1.73. The molecule has 4 heteroatoms. The lowest BCUT2D eigenvalue weighted by Gasteiger charge is -2.24. The monoisotopic (exact) mass is 272 g/mol. The van der Waals surface area contributed by atoms with E-state index in [0.29, 0.717) is 18.4 Å². The molecule has 0 amide bonds. The topological polar surface area (TPSA) is 49.8 Å². The molecule has 0 aromatic carbocycles. The summed E-state index contributed by atoms with van der Waals surface area (Å²) >= 11 is -1.73. The van der Waals surface area contributed by atoms with Crippen molar-refractivity contribution in [2.75, 3.05) is 0 Å². The van der Waals surface area contributed by atoms with Gasteiger partial charge in [0.1, 0.15) is 0 Å². The summed E-state index contributed by atoms with van der Waals surface area (Å²) in [5.74, 6) is 0.809. The highest BCUT2D eigenvalue weighted by atomic mass is 32.2. The normalized spacial score (nSPS) is 38.4. The van der Waals surface area contributed by atoms with Gasteiger partial charge in [0.15, 0.2) is 11.1 Å². The Labute approximate surface area is 112 Å². The summed E-state index contributed by atoms with van der Waals surface area (Å²) in [7, 11) is 0. The van der Waals surface area contributed by atoms with E-state index in [1.54, 1.807) is 0 Å². The Hall–Kier alpha value is -0.190. The molecular weight excluding hydrogens is 248 g/mol. The summed E-state index contributed by atoms with van der Waals surface area (Å²) in [4.78, 5) is 0. The van der Waals surface area contributed by atoms with Gasteiger partial charge in [-0.25, -0.2) is 4.21 Å². The molecule has 0 spiro atoms. The van der Waals surface area contributed by atoms with Crippen molar-refractivity contribution >= 4 is 11.1 Å². The standard InChI is InChI=1S/C14H24O3S/c1-3-4-7-10(2)13-14(17-13)11-8-5-6-9-12(11)18(15)16/h5-6,10-14H,3-4,7-9H2,1-2H3,(H,15,16). The molecule has 0 radical (unpaired) electrons. The van der Waals surface area contributed by atoms with Crippen LogP contribution in [-0.2, 0) is 15.8 Å². The van der Waals surface area contributed by atoms with Gasteiger partial charge in [-0.2, -0.15) is 0 Å². The largest absolute Gasteiger partial charge is 0.369 e. The zero-order valence-electron chi connectivity index (χ0n) is 11.2. The van der Waals surface area contributed by atoms with Crippen LogP contribution in [0, 0.1) is 11.8 Å². The van der Waals surface area contributed by atoms with Gasteiger partial charge in [-0.15, -0.1) is 0 Å². The maximum atomic E-state index is 11.4. The molecule has 2 aliphatic rings. The summed E-state index contributed by atoms with van der Waals surface area (Å²) in [6.45, 7) is 4.44. The minimum absolute atomic E-state index is 0.136. The average Bonchev–Trinajstić information content (AvgIpc) is 3.16. The molecule has 0 aromatic rings. The predicted molar refractivity (Wildman–Crippen MR) is 73.8 cm³/mol. The number of unbranched alkanes of at least 4 members (excludes halogenated alkanes) is 1. The summed E-state index contributed by atoms with van der Waals surface area (Å²) in [5.41, 5.74) is 0. The van der Waals surface area contributed by atoms with Crippen LogP contribution in [0.25, 0.3) is 0 Å². The Morgan fingerprint density at radius 3 is 2.83 bits per heavy atom. The van der Waals surface area contributed by atoms with E-state index in [1.165, 1.54) is 19.3 Å². The van der Waals surface area contributed by atoms with Crippen LogP contribution >= 0.6 is 0 Å². The van der Waals surface area contributed by atoms with Crippen LogP contribution in [0.2, 0.25) is 0 Å². The molecular formula is C14H24O3S. The van der Waals surface area contributed by atoms with Crippen LogP contribution in [-0.4, -0.2) is 26.2 Å². The average molecular weight is 272 g/mol. The van der Waals surface area contributed by atoms with E-state index >= 15 is 0 Å². The highest BCUT2D eigenvalue weighted by molar-refractivity contribution is 7.79. The van der Waals surface area contributed by atoms with Gasteiger partial charge >= 0.3 is 0 Å². The molecule has 1 aliphatic carbocycles. The number of rotatable bonds is 6. The number of ether oxygens (including phenoxy) is 1. The van der Waals surface area contributed by atoms with E-state index in [2.05, 4.69) is 19.9 Å². The number of hydrogen-bond acceptors (Lipinski definition) is 2. The number of hydrogen-bond donors (Lipinski definition) is 1. The molecule has 1 saturated heterocycles. The van der Waals surface area contributed by atoms with Gasteiger partial charge in [-0.05, 0) is 25.2 Å². The van der Waals surface area contributed by atoms with Crippen molar-refractivity contribution in [1.29, 1.82) is 0 Å². The first-order chi connectivity index (χ1) is 8.65. The van der Waals surface area contributed by atoms with Crippen LogP contribution in [0.3, 0.4) is 0 Å². The Bertz CT molecular complexity index is 329. The summed E-state index contributed by atoms with van der Waals surface area (Å²) in [6, 6.07) is 0. The summed E-state index contributed by atoms with van der Waals surface area (Å²) < 4.78 is 26.6. The second kappa shape index (κ2) is 6.31. The van der Waals surface area contributed by atoms with Crippen LogP contribution < -0.4 is 0 Å². The molecule has 104 valence electrons. The third kappa shape index (κ3) is 3.22. The summed E-state index contributed by atoms with van der Waals surface area (Å²) in [5, 5.41) is -0.136. The molecule has 0 bridgehead atoms. The second-order valence-electron chi connectivity index (χ2n) is 5.61. The molecule has 1 fully saturated rings. The Kier molecular flexibility index (Phi) is 4.98. The van der Waals surface area contributed by atoms with Gasteiger partial charge in [0.2, 0.25) is 0 Å². The smallest absolute Gasteiger partial charge is 0.156 e. The molecule has 0 aromatic heterocycles. The maximum absolute atomic E-state index is 11.4. The van der Waals surface area contributed by atoms with Crippen molar-refractivity contribution < 1.29 is 13.5 Å². The number of epoxide rings is 1. The highest BCUT2D eigenvalue weighted by Gasteiger charge is 2.50. The molecule has 1 aliphatic heterocycles. The molecule has 6 atom stereocenters. The van der Waals surface area contributed by atoms with Crippen LogP contribution in [0.4, 0.5) is 0 Å². The quantitative estimate of drug-likeness (QED) is 0.459. The Morgan fingerprint density at radius 2 is 2.17 bits per heavy atom. The highest BCUT2D eigenvalue weighted by Crippen LogP contribution is 2.42. The second-order valence-corrected chi connectivity index (χ2v) is 6.76. The van der Waals surface area contributed by atoms with Gasteiger partial charge in [0.05, 0.1) is 17.5 Å². The minimum Gasteiger partial charge on any atom is -0.369 e. The molecule has 1 heterocycles. The van der Waals surface area contributed by atoms with Crippen molar-refractivity contribution in [2.24, 2.45) is 11.8 Å². The van der Waals surface area contributed by atoms with Crippen LogP contribution in [0.5, 0.6) is 0 Å². The van der Waals surface area contributed by atoms with E-state index in [9.17, 15) is 8.76 Å². The fourth-order valence-electron chi connectivity index (χ4n) is 3.02. The lowest BCUT2D eigenvalue weighted by atomic mass is 9.86. The van der Waals surface area contributed by atoms with E-state index in [-0.39, 0.29) is 17.3 Å². The van der Waals surface area contributed by atoms with Crippen LogP contribution in [0.15, 0.2) is 12.2 Å². The maximum Gasteiger partial charge on any atom is 0.156 e. The van der Waals surface area contributed by atoms with Crippen molar-refractivity contribution in [1.82, 2.24) is 0 Å². The molecule has 2 rings (SSSR count). The van der Waals surface area contributed by atoms with E-state index in [0.717, 1.165) is 6.42 Å². The zero-order valence-corrected chi connectivity index (χ0v) is 12.1. The van der Waals surface area contributed by atoms with Gasteiger partial charge in [-0.1, -0.05) is 38.8 Å². The van der Waals surface area contributed by atoms with Crippen molar-refractivity contribution in [2.45, 2.75) is 63.4 Å². The van der Waals surface area contributed by atoms with Gasteiger partial charge < -0.3 is 9.29 Å². The van der Waals surface area contributed by atoms with Crippen LogP contribution in [0.1, 0.15) is 46.0 Å². The van der Waals surface area contributed by atoms with Crippen molar-refractivity contribution in [3.8, 4) is 0 Å². The first kappa shape index (κ1) is 14.2. The van der Waals surface area contributed by atoms with Crippen molar-refractivity contribution in [3.63, 3.8) is 0 Å². The first-order valence-corrected chi connectivity index (χ1v) is 8.22. The summed E-state index contributed by atoms with van der Waals surface area (Å²) in [6.07, 6.45) is 9.94. The van der Waals surface area contributed by atoms with Gasteiger partial charge in [-0.3, -0.25) is 0 Å². The third-order valence-corrected chi connectivity index (χ3v) is 5.30. The molecule has 18 heavy (non-hydrogen) atoms. The SMILES string of the molecule is CCCCC(C)C1OC1C1CC=CCC1S(=O)O. The van der Waals surface area contributed by atoms with Gasteiger partial charge in [0.25, 0.3) is 0 Å². The van der Waals surface area contributed by atoms with E-state index in [1.807, 2.05) is 6.08 Å². The molecule has 6 unspecified atom stereocenters. The molecule has 0 saturated carbocycles. The van der Waals surface area contributed by atoms with Crippen molar-refractivity contribution in [3.05, 3.63) is 12.2 Å². The zero-order chi connectivity index (χ0) is 13.1. The van der Waals surface area contributed by atoms with E-state index < -0.39 is 11.1 Å². The lowest BCUT2D eigenvalue weighted by Crippen LogP contribution is -2.32. The van der Waals surface area contributed by atoms with E-state index in [4.69, 9.17) is 4.74 Å². The number of allylic oxidation sites excluding steroid dienone is 2. The fraction of sp³-hybridized carbons (Fsp3) is 0.857. The Morgan fingerprint density at radius 1 is 1.44 bits per heavy atom. The lowest BCUT2D eigenvalue weighted by molar-refractivity contribution is 0.282. The van der Waals surface area contributed by atoms with Gasteiger partial charge in [0, 0.05) is 5.92 Å². The molecule has 1 N–H and O–H groups in total. The Balaban J connectivity index is 1.89. The third-order valence-electron chi connectivity index (χ3n) is 4.24.